The molecular weight excluding hydrogens is 345 g/mol. The molecule has 1 N–H and O–H groups in total. The van der Waals surface area contributed by atoms with Crippen LogP contribution in [0.5, 0.6) is 0 Å². The van der Waals surface area contributed by atoms with Gasteiger partial charge in [0.2, 0.25) is 0 Å². The Labute approximate surface area is 186 Å². The predicted octanol–water partition coefficient (Wildman–Crippen LogP) is 7.61. The number of hydrogen-bond acceptors (Lipinski definition) is 1. The highest BCUT2D eigenvalue weighted by Crippen LogP contribution is 2.15. The van der Waals surface area contributed by atoms with E-state index in [0.717, 1.165) is 18.8 Å². The van der Waals surface area contributed by atoms with Gasteiger partial charge in [-0.05, 0) is 12.3 Å². The Kier molecular flexibility index (Phi) is 26.5. The molecule has 0 saturated carbocycles. The quantitative estimate of drug-likeness (QED) is 0.160. The lowest BCUT2D eigenvalue weighted by molar-refractivity contribution is -0.137. The molecule has 0 aromatic carbocycles. The molecule has 2 nitrogen and oxygen atoms in total. The molecule has 0 aliphatic rings. The average Bonchev–Trinajstić information content (AvgIpc) is 2.59. The largest absolute Gasteiger partial charge is 0.481 e. The normalized spacial score (nSPS) is 10.9. The molecule has 27 heavy (non-hydrogen) atoms. The maximum absolute atomic E-state index is 10.4. The van der Waals surface area contributed by atoms with Crippen molar-refractivity contribution in [1.29, 1.82) is 0 Å². The minimum atomic E-state index is -0.651. The predicted molar refractivity (Wildman–Crippen MR) is 123 cm³/mol. The number of carboxylic acid groups (broad SMARTS) is 1. The standard InChI is InChI=1S/C24H48O2.Mg.2H/c1-23(2)21-19-17-15-13-11-9-7-5-3-4-6-8-10-12-14-16-18-20-22-24(25)26;;;/h23H,3-22H2,1-2H3,(H,25,26);;;. The second-order valence-corrected chi connectivity index (χ2v) is 8.69. The summed E-state index contributed by atoms with van der Waals surface area (Å²) in [5.41, 5.74) is 0. The van der Waals surface area contributed by atoms with Crippen molar-refractivity contribution < 1.29 is 9.90 Å². The van der Waals surface area contributed by atoms with Gasteiger partial charge in [-0.1, -0.05) is 129 Å². The van der Waals surface area contributed by atoms with Crippen molar-refractivity contribution in [2.45, 2.75) is 142 Å². The molecule has 0 aliphatic carbocycles. The van der Waals surface area contributed by atoms with Gasteiger partial charge in [0, 0.05) is 6.42 Å². The summed E-state index contributed by atoms with van der Waals surface area (Å²) < 4.78 is 0. The maximum Gasteiger partial charge on any atom is 0.316 e. The van der Waals surface area contributed by atoms with E-state index >= 15 is 0 Å². The molecule has 0 radical (unpaired) electrons. The average molecular weight is 395 g/mol. The summed E-state index contributed by atoms with van der Waals surface area (Å²) in [5.74, 6) is 0.229. The molecule has 0 heterocycles. The Morgan fingerprint density at radius 1 is 0.556 bits per heavy atom. The molecule has 0 aliphatic heterocycles. The third-order valence-electron chi connectivity index (χ3n) is 5.42. The van der Waals surface area contributed by atoms with E-state index in [4.69, 9.17) is 5.11 Å². The van der Waals surface area contributed by atoms with Crippen LogP contribution in [0.3, 0.4) is 0 Å². The summed E-state index contributed by atoms with van der Waals surface area (Å²) in [6.07, 6.45) is 26.1. The van der Waals surface area contributed by atoms with Crippen LogP contribution in [0, 0.1) is 5.92 Å². The third-order valence-corrected chi connectivity index (χ3v) is 5.42. The number of hydrogen-bond donors (Lipinski definition) is 1. The van der Waals surface area contributed by atoms with Gasteiger partial charge in [-0.3, -0.25) is 4.79 Å². The van der Waals surface area contributed by atoms with Gasteiger partial charge in [-0.25, -0.2) is 0 Å². The van der Waals surface area contributed by atoms with Crippen molar-refractivity contribution in [1.82, 2.24) is 0 Å². The monoisotopic (exact) mass is 394 g/mol. The zero-order valence-corrected chi connectivity index (χ0v) is 18.1. The Bertz CT molecular complexity index is 292. The van der Waals surface area contributed by atoms with Gasteiger partial charge in [-0.2, -0.15) is 0 Å². The van der Waals surface area contributed by atoms with Gasteiger partial charge in [-0.15, -0.1) is 0 Å². The number of unbranched alkanes of at least 4 members (excludes halogenated alkanes) is 17. The van der Waals surface area contributed by atoms with Gasteiger partial charge in [0.25, 0.3) is 0 Å². The zero-order chi connectivity index (χ0) is 19.3. The Morgan fingerprint density at radius 2 is 0.815 bits per heavy atom. The lowest BCUT2D eigenvalue weighted by Gasteiger charge is -2.05. The number of carbonyl (C=O) groups is 1. The van der Waals surface area contributed by atoms with E-state index in [1.165, 1.54) is 109 Å². The van der Waals surface area contributed by atoms with Crippen LogP contribution in [-0.4, -0.2) is 34.1 Å². The highest BCUT2D eigenvalue weighted by Gasteiger charge is 1.98. The molecule has 0 amide bonds. The molecule has 0 atom stereocenters. The van der Waals surface area contributed by atoms with Crippen LogP contribution >= 0.6 is 0 Å². The SMILES string of the molecule is CC(C)CCCCCCCCCCCCCCCCCCCCC(=O)O.[MgH2]. The molecule has 0 spiro atoms. The third kappa shape index (κ3) is 28.5. The summed E-state index contributed by atoms with van der Waals surface area (Å²) in [7, 11) is 0. The highest BCUT2D eigenvalue weighted by molar-refractivity contribution is 5.75. The highest BCUT2D eigenvalue weighted by atomic mass is 24.3. The minimum absolute atomic E-state index is 0. The number of aliphatic carboxylic acids is 1. The summed E-state index contributed by atoms with van der Waals surface area (Å²) >= 11 is 0. The second-order valence-electron chi connectivity index (χ2n) is 8.69. The molecule has 0 fully saturated rings. The minimum Gasteiger partial charge on any atom is -0.481 e. The second kappa shape index (κ2) is 24.3. The van der Waals surface area contributed by atoms with Crippen LogP contribution in [-0.2, 0) is 4.79 Å². The van der Waals surface area contributed by atoms with E-state index in [0.29, 0.717) is 6.42 Å². The van der Waals surface area contributed by atoms with E-state index in [-0.39, 0.29) is 23.1 Å². The van der Waals surface area contributed by atoms with E-state index in [2.05, 4.69) is 13.8 Å². The first-order valence-electron chi connectivity index (χ1n) is 11.8. The van der Waals surface area contributed by atoms with Crippen molar-refractivity contribution in [2.24, 2.45) is 5.92 Å². The van der Waals surface area contributed by atoms with Gasteiger partial charge in [0.15, 0.2) is 0 Å². The molecule has 0 saturated heterocycles. The topological polar surface area (TPSA) is 37.3 Å². The first-order valence-corrected chi connectivity index (χ1v) is 11.8. The van der Waals surface area contributed by atoms with Gasteiger partial charge >= 0.3 is 29.0 Å². The van der Waals surface area contributed by atoms with Crippen molar-refractivity contribution in [3.63, 3.8) is 0 Å². The van der Waals surface area contributed by atoms with Gasteiger partial charge in [0.1, 0.15) is 0 Å². The molecule has 3 heteroatoms. The molecule has 160 valence electrons. The van der Waals surface area contributed by atoms with E-state index in [1.54, 1.807) is 0 Å². The van der Waals surface area contributed by atoms with Crippen LogP contribution in [0.15, 0.2) is 0 Å². The fourth-order valence-electron chi connectivity index (χ4n) is 3.66. The van der Waals surface area contributed by atoms with Crippen molar-refractivity contribution in [3.05, 3.63) is 0 Å². The Balaban J connectivity index is 0. The molecule has 0 bridgehead atoms. The van der Waals surface area contributed by atoms with Crippen LogP contribution in [0.2, 0.25) is 0 Å². The maximum atomic E-state index is 10.4. The first-order chi connectivity index (χ1) is 12.6. The number of rotatable bonds is 21. The summed E-state index contributed by atoms with van der Waals surface area (Å²) in [5, 5.41) is 8.57. The Hall–Kier alpha value is 0.236. The van der Waals surface area contributed by atoms with Crippen LogP contribution in [0.25, 0.3) is 0 Å². The van der Waals surface area contributed by atoms with Crippen LogP contribution in [0.4, 0.5) is 0 Å². The fourth-order valence-corrected chi connectivity index (χ4v) is 3.66. The molecule has 0 rings (SSSR count). The van der Waals surface area contributed by atoms with Gasteiger partial charge < -0.3 is 5.11 Å². The van der Waals surface area contributed by atoms with Crippen LogP contribution in [0.1, 0.15) is 142 Å². The van der Waals surface area contributed by atoms with E-state index < -0.39 is 5.97 Å². The van der Waals surface area contributed by atoms with E-state index in [1.807, 2.05) is 0 Å². The lowest BCUT2D eigenvalue weighted by atomic mass is 10.0. The summed E-state index contributed by atoms with van der Waals surface area (Å²) in [6, 6.07) is 0. The van der Waals surface area contributed by atoms with Crippen LogP contribution < -0.4 is 0 Å². The lowest BCUT2D eigenvalue weighted by Crippen LogP contribution is -1.93. The summed E-state index contributed by atoms with van der Waals surface area (Å²) in [4.78, 5) is 10.4. The summed E-state index contributed by atoms with van der Waals surface area (Å²) in [6.45, 7) is 4.65. The van der Waals surface area contributed by atoms with Crippen molar-refractivity contribution in [3.8, 4) is 0 Å². The molecular formula is C24H50MgO2. The fraction of sp³-hybridized carbons (Fsp3) is 0.958. The van der Waals surface area contributed by atoms with Crippen molar-refractivity contribution >= 4 is 29.0 Å². The van der Waals surface area contributed by atoms with E-state index in [9.17, 15) is 4.79 Å². The van der Waals surface area contributed by atoms with Gasteiger partial charge in [0.05, 0.1) is 0 Å². The molecule has 0 aromatic heterocycles. The Morgan fingerprint density at radius 3 is 1.07 bits per heavy atom. The molecule has 0 unspecified atom stereocenters. The smallest absolute Gasteiger partial charge is 0.316 e. The first kappa shape index (κ1) is 29.4. The number of carboxylic acids is 1. The zero-order valence-electron chi connectivity index (χ0n) is 18.1. The van der Waals surface area contributed by atoms with Crippen molar-refractivity contribution in [2.75, 3.05) is 0 Å². The molecule has 0 aromatic rings.